The number of aromatic nitrogens is 1. The van der Waals surface area contributed by atoms with Crippen LogP contribution in [0.5, 0.6) is 0 Å². The molecule has 0 N–H and O–H groups in total. The summed E-state index contributed by atoms with van der Waals surface area (Å²) in [4.78, 5) is 4.38. The first kappa shape index (κ1) is 12.6. The first-order valence-corrected chi connectivity index (χ1v) is 6.29. The lowest BCUT2D eigenvalue weighted by Crippen LogP contribution is -1.95. The lowest BCUT2D eigenvalue weighted by Gasteiger charge is -2.12. The SMILES string of the molecule is C=C(CCC#N)c1c(CCl)cnc2ccccc12. The summed E-state index contributed by atoms with van der Waals surface area (Å²) < 4.78 is 0. The van der Waals surface area contributed by atoms with Crippen LogP contribution in [0.25, 0.3) is 16.5 Å². The number of nitriles is 1. The van der Waals surface area contributed by atoms with E-state index in [4.69, 9.17) is 16.9 Å². The summed E-state index contributed by atoms with van der Waals surface area (Å²) in [5.41, 5.74) is 3.90. The molecule has 0 saturated carbocycles. The lowest BCUT2D eigenvalue weighted by molar-refractivity contribution is 1.08. The molecule has 1 aromatic carbocycles. The number of hydrogen-bond acceptors (Lipinski definition) is 2. The standard InChI is InChI=1S/C15H13ClN2/c1-11(5-4-8-17)15-12(9-16)10-18-14-7-3-2-6-13(14)15/h2-3,6-7,10H,1,4-5,9H2. The highest BCUT2D eigenvalue weighted by molar-refractivity contribution is 6.17. The van der Waals surface area contributed by atoms with E-state index in [2.05, 4.69) is 17.6 Å². The van der Waals surface area contributed by atoms with Gasteiger partial charge >= 0.3 is 0 Å². The van der Waals surface area contributed by atoms with Gasteiger partial charge in [0.25, 0.3) is 0 Å². The van der Waals surface area contributed by atoms with E-state index in [9.17, 15) is 0 Å². The second-order valence-corrected chi connectivity index (χ2v) is 4.34. The molecule has 0 fully saturated rings. The summed E-state index contributed by atoms with van der Waals surface area (Å²) in [5, 5.41) is 9.73. The smallest absolute Gasteiger partial charge is 0.0708 e. The average molecular weight is 257 g/mol. The summed E-state index contributed by atoms with van der Waals surface area (Å²) in [5.74, 6) is 0.402. The fourth-order valence-corrected chi connectivity index (χ4v) is 2.24. The van der Waals surface area contributed by atoms with Gasteiger partial charge in [0.15, 0.2) is 0 Å². The van der Waals surface area contributed by atoms with Gasteiger partial charge in [-0.25, -0.2) is 0 Å². The van der Waals surface area contributed by atoms with E-state index in [0.717, 1.165) is 27.6 Å². The van der Waals surface area contributed by atoms with Gasteiger partial charge in [-0.05, 0) is 29.2 Å². The number of alkyl halides is 1. The Labute approximate surface area is 112 Å². The molecule has 18 heavy (non-hydrogen) atoms. The predicted molar refractivity (Wildman–Crippen MR) is 75.2 cm³/mol. The number of hydrogen-bond donors (Lipinski definition) is 0. The van der Waals surface area contributed by atoms with Gasteiger partial charge in [0.1, 0.15) is 0 Å². The molecule has 0 aliphatic heterocycles. The van der Waals surface area contributed by atoms with Gasteiger partial charge in [0.05, 0.1) is 11.6 Å². The molecule has 0 amide bonds. The molecule has 0 aliphatic rings. The largest absolute Gasteiger partial charge is 0.256 e. The summed E-state index contributed by atoms with van der Waals surface area (Å²) in [6.45, 7) is 4.08. The topological polar surface area (TPSA) is 36.7 Å². The summed E-state index contributed by atoms with van der Waals surface area (Å²) in [7, 11) is 0. The molecule has 2 nitrogen and oxygen atoms in total. The van der Waals surface area contributed by atoms with Crippen molar-refractivity contribution in [1.82, 2.24) is 4.98 Å². The number of rotatable bonds is 4. The Morgan fingerprint density at radius 1 is 1.39 bits per heavy atom. The normalized spacial score (nSPS) is 10.2. The van der Waals surface area contributed by atoms with Gasteiger partial charge in [0.2, 0.25) is 0 Å². The molecule has 0 bridgehead atoms. The third-order valence-corrected chi connectivity index (χ3v) is 3.18. The van der Waals surface area contributed by atoms with Gasteiger partial charge in [-0.1, -0.05) is 24.8 Å². The van der Waals surface area contributed by atoms with E-state index in [-0.39, 0.29) is 0 Å². The summed E-state index contributed by atoms with van der Waals surface area (Å²) in [6.07, 6.45) is 2.92. The number of nitrogens with zero attached hydrogens (tertiary/aromatic N) is 2. The molecule has 0 radical (unpaired) electrons. The quantitative estimate of drug-likeness (QED) is 0.765. The maximum atomic E-state index is 8.67. The predicted octanol–water partition coefficient (Wildman–Crippen LogP) is 4.29. The van der Waals surface area contributed by atoms with E-state index in [1.807, 2.05) is 24.3 Å². The van der Waals surface area contributed by atoms with Crippen molar-refractivity contribution in [2.45, 2.75) is 18.7 Å². The Bertz CT molecular complexity index is 626. The highest BCUT2D eigenvalue weighted by Crippen LogP contribution is 2.29. The minimum atomic E-state index is 0.402. The fourth-order valence-electron chi connectivity index (χ4n) is 2.03. The fraction of sp³-hybridized carbons (Fsp3) is 0.200. The van der Waals surface area contributed by atoms with Crippen LogP contribution in [0, 0.1) is 11.3 Å². The van der Waals surface area contributed by atoms with Crippen LogP contribution in [0.2, 0.25) is 0 Å². The van der Waals surface area contributed by atoms with Crippen LogP contribution in [0.15, 0.2) is 37.0 Å². The molecule has 90 valence electrons. The van der Waals surface area contributed by atoms with E-state index in [1.54, 1.807) is 6.20 Å². The summed E-state index contributed by atoms with van der Waals surface area (Å²) in [6, 6.07) is 10.1. The van der Waals surface area contributed by atoms with Crippen LogP contribution in [0.4, 0.5) is 0 Å². The first-order chi connectivity index (χ1) is 8.77. The third kappa shape index (κ3) is 2.37. The highest BCUT2D eigenvalue weighted by Gasteiger charge is 2.10. The van der Waals surface area contributed by atoms with Crippen molar-refractivity contribution in [3.63, 3.8) is 0 Å². The Morgan fingerprint density at radius 2 is 2.17 bits per heavy atom. The zero-order chi connectivity index (χ0) is 13.0. The van der Waals surface area contributed by atoms with Crippen LogP contribution < -0.4 is 0 Å². The second kappa shape index (κ2) is 5.66. The molecule has 0 atom stereocenters. The molecular formula is C15H13ClN2. The molecule has 0 spiro atoms. The second-order valence-electron chi connectivity index (χ2n) is 4.07. The number of para-hydroxylation sites is 1. The number of halogens is 1. The zero-order valence-electron chi connectivity index (χ0n) is 9.99. The third-order valence-electron chi connectivity index (χ3n) is 2.89. The number of allylic oxidation sites excluding steroid dienone is 1. The van der Waals surface area contributed by atoms with E-state index >= 15 is 0 Å². The molecule has 0 saturated heterocycles. The van der Waals surface area contributed by atoms with Gasteiger partial charge in [-0.3, -0.25) is 4.98 Å². The van der Waals surface area contributed by atoms with Crippen molar-refractivity contribution in [2.75, 3.05) is 0 Å². The number of fused-ring (bicyclic) bond motifs is 1. The van der Waals surface area contributed by atoms with Gasteiger partial charge < -0.3 is 0 Å². The molecule has 0 aliphatic carbocycles. The van der Waals surface area contributed by atoms with Crippen molar-refractivity contribution < 1.29 is 0 Å². The van der Waals surface area contributed by atoms with Crippen molar-refractivity contribution in [1.29, 1.82) is 5.26 Å². The van der Waals surface area contributed by atoms with Gasteiger partial charge in [0, 0.05) is 23.9 Å². The Hall–Kier alpha value is -1.85. The van der Waals surface area contributed by atoms with Crippen LogP contribution in [-0.2, 0) is 5.88 Å². The molecule has 3 heteroatoms. The molecule has 1 aromatic heterocycles. The van der Waals surface area contributed by atoms with Crippen LogP contribution >= 0.6 is 11.6 Å². The lowest BCUT2D eigenvalue weighted by atomic mass is 9.95. The van der Waals surface area contributed by atoms with Crippen LogP contribution in [-0.4, -0.2) is 4.98 Å². The van der Waals surface area contributed by atoms with Crippen molar-refractivity contribution >= 4 is 28.1 Å². The monoisotopic (exact) mass is 256 g/mol. The van der Waals surface area contributed by atoms with E-state index in [0.29, 0.717) is 18.7 Å². The number of pyridine rings is 1. The van der Waals surface area contributed by atoms with Crippen molar-refractivity contribution in [3.05, 3.63) is 48.2 Å². The maximum absolute atomic E-state index is 8.67. The minimum absolute atomic E-state index is 0.402. The van der Waals surface area contributed by atoms with Gasteiger partial charge in [-0.2, -0.15) is 5.26 Å². The average Bonchev–Trinajstić information content (AvgIpc) is 2.43. The van der Waals surface area contributed by atoms with Crippen molar-refractivity contribution in [2.24, 2.45) is 0 Å². The Kier molecular flexibility index (Phi) is 3.96. The highest BCUT2D eigenvalue weighted by atomic mass is 35.5. The van der Waals surface area contributed by atoms with Gasteiger partial charge in [-0.15, -0.1) is 11.6 Å². The number of benzene rings is 1. The zero-order valence-corrected chi connectivity index (χ0v) is 10.7. The minimum Gasteiger partial charge on any atom is -0.256 e. The Morgan fingerprint density at radius 3 is 2.89 bits per heavy atom. The molecule has 2 rings (SSSR count). The maximum Gasteiger partial charge on any atom is 0.0708 e. The molecule has 1 heterocycles. The first-order valence-electron chi connectivity index (χ1n) is 5.75. The van der Waals surface area contributed by atoms with Crippen LogP contribution in [0.3, 0.4) is 0 Å². The van der Waals surface area contributed by atoms with Crippen LogP contribution in [0.1, 0.15) is 24.0 Å². The summed E-state index contributed by atoms with van der Waals surface area (Å²) >= 11 is 5.96. The van der Waals surface area contributed by atoms with E-state index in [1.165, 1.54) is 0 Å². The van der Waals surface area contributed by atoms with Crippen molar-refractivity contribution in [3.8, 4) is 6.07 Å². The molecule has 2 aromatic rings. The molecular weight excluding hydrogens is 244 g/mol. The van der Waals surface area contributed by atoms with E-state index < -0.39 is 0 Å². The molecule has 0 unspecified atom stereocenters. The Balaban J connectivity index is 2.58.